The average molecular weight is 436 g/mol. The maximum absolute atomic E-state index is 12.8. The maximum Gasteiger partial charge on any atom is 0.258 e. The topological polar surface area (TPSA) is 87.6 Å². The summed E-state index contributed by atoms with van der Waals surface area (Å²) < 4.78 is 28.2. The van der Waals surface area contributed by atoms with Crippen molar-refractivity contribution in [2.45, 2.75) is 31.2 Å². The van der Waals surface area contributed by atoms with Crippen molar-refractivity contribution in [2.24, 2.45) is 5.10 Å². The molecule has 0 heterocycles. The molecule has 0 radical (unpaired) electrons. The van der Waals surface area contributed by atoms with Crippen LogP contribution in [0.3, 0.4) is 0 Å². The van der Waals surface area contributed by atoms with E-state index in [1.54, 1.807) is 12.1 Å². The first-order valence-corrected chi connectivity index (χ1v) is 11.3. The molecule has 0 fully saturated rings. The summed E-state index contributed by atoms with van der Waals surface area (Å²) in [5, 5.41) is 3.99. The van der Waals surface area contributed by atoms with Gasteiger partial charge in [0.15, 0.2) is 0 Å². The van der Waals surface area contributed by atoms with Gasteiger partial charge in [0.1, 0.15) is 6.04 Å². The van der Waals surface area contributed by atoms with Crippen LogP contribution < -0.4 is 10.1 Å². The number of hydrogen-bond acceptors (Lipinski definition) is 4. The smallest absolute Gasteiger partial charge is 0.258 e. The first-order valence-electron chi connectivity index (χ1n) is 9.86. The van der Waals surface area contributed by atoms with Gasteiger partial charge < -0.3 is 0 Å². The molecule has 1 atom stereocenters. The van der Waals surface area contributed by atoms with E-state index in [0.717, 1.165) is 22.3 Å². The highest BCUT2D eigenvalue weighted by molar-refractivity contribution is 7.89. The summed E-state index contributed by atoms with van der Waals surface area (Å²) >= 11 is 0. The molecule has 3 rings (SSSR count). The lowest BCUT2D eigenvalue weighted by Crippen LogP contribution is -2.46. The van der Waals surface area contributed by atoms with E-state index in [-0.39, 0.29) is 11.3 Å². The number of carbonyl (C=O) groups excluding carboxylic acids is 1. The third-order valence-corrected chi connectivity index (χ3v) is 6.18. The summed E-state index contributed by atoms with van der Waals surface area (Å²) in [6, 6.07) is 22.3. The fourth-order valence-corrected chi connectivity index (χ4v) is 4.11. The number of nitrogens with zero attached hydrogens (tertiary/aromatic N) is 1. The Balaban J connectivity index is 1.77. The standard InChI is InChI=1S/C24H25N3O3S/c1-18-8-12-21(13-9-18)17-25-26-24(28)23(16-20-6-4-3-5-7-20)27-31(29,30)22-14-10-19(2)11-15-22/h3-15,17,23,27H,16H2,1-2H3,(H,26,28)/b25-17+/t23-/m0/s1. The quantitative estimate of drug-likeness (QED) is 0.420. The zero-order chi connectivity index (χ0) is 22.3. The Morgan fingerprint density at radius 2 is 1.48 bits per heavy atom. The lowest BCUT2D eigenvalue weighted by atomic mass is 10.1. The van der Waals surface area contributed by atoms with Gasteiger partial charge in [0, 0.05) is 0 Å². The number of hydrazone groups is 1. The number of sulfonamides is 1. The Kier molecular flexibility index (Phi) is 7.33. The molecule has 0 saturated heterocycles. The molecule has 0 aliphatic heterocycles. The number of carbonyl (C=O) groups is 1. The molecule has 0 aromatic heterocycles. The van der Waals surface area contributed by atoms with Crippen molar-refractivity contribution >= 4 is 22.1 Å². The van der Waals surface area contributed by atoms with Crippen LogP contribution in [0.4, 0.5) is 0 Å². The van der Waals surface area contributed by atoms with Crippen LogP contribution in [0.2, 0.25) is 0 Å². The van der Waals surface area contributed by atoms with Crippen LogP contribution in [-0.2, 0) is 21.2 Å². The van der Waals surface area contributed by atoms with Crippen molar-refractivity contribution in [3.8, 4) is 0 Å². The third kappa shape index (κ3) is 6.60. The van der Waals surface area contributed by atoms with Crippen LogP contribution in [0, 0.1) is 13.8 Å². The summed E-state index contributed by atoms with van der Waals surface area (Å²) in [7, 11) is -3.89. The van der Waals surface area contributed by atoms with Crippen molar-refractivity contribution in [3.63, 3.8) is 0 Å². The summed E-state index contributed by atoms with van der Waals surface area (Å²) in [6.07, 6.45) is 1.71. The zero-order valence-electron chi connectivity index (χ0n) is 17.4. The van der Waals surface area contributed by atoms with E-state index < -0.39 is 22.0 Å². The molecule has 0 aliphatic rings. The van der Waals surface area contributed by atoms with Crippen molar-refractivity contribution in [1.29, 1.82) is 0 Å². The summed E-state index contributed by atoms with van der Waals surface area (Å²) in [4.78, 5) is 12.9. The van der Waals surface area contributed by atoms with Crippen molar-refractivity contribution in [1.82, 2.24) is 10.1 Å². The Morgan fingerprint density at radius 3 is 2.10 bits per heavy atom. The highest BCUT2D eigenvalue weighted by atomic mass is 32.2. The van der Waals surface area contributed by atoms with E-state index in [1.807, 2.05) is 68.4 Å². The van der Waals surface area contributed by atoms with Gasteiger partial charge in [-0.1, -0.05) is 77.9 Å². The molecule has 0 saturated carbocycles. The Morgan fingerprint density at radius 1 is 0.903 bits per heavy atom. The minimum atomic E-state index is -3.89. The largest absolute Gasteiger partial charge is 0.271 e. The molecule has 3 aromatic rings. The molecule has 0 spiro atoms. The second kappa shape index (κ2) is 10.1. The second-order valence-electron chi connectivity index (χ2n) is 7.32. The van der Waals surface area contributed by atoms with Crippen LogP contribution in [0.15, 0.2) is 88.9 Å². The molecular weight excluding hydrogens is 410 g/mol. The van der Waals surface area contributed by atoms with E-state index in [1.165, 1.54) is 18.3 Å². The maximum atomic E-state index is 12.8. The fourth-order valence-electron chi connectivity index (χ4n) is 2.91. The average Bonchev–Trinajstić information content (AvgIpc) is 2.75. The summed E-state index contributed by atoms with van der Waals surface area (Å²) in [6.45, 7) is 3.86. The molecule has 160 valence electrons. The van der Waals surface area contributed by atoms with Crippen LogP contribution >= 0.6 is 0 Å². The van der Waals surface area contributed by atoms with Crippen LogP contribution in [0.25, 0.3) is 0 Å². The summed E-state index contributed by atoms with van der Waals surface area (Å²) in [5.41, 5.74) is 6.18. The van der Waals surface area contributed by atoms with Crippen molar-refractivity contribution < 1.29 is 13.2 Å². The van der Waals surface area contributed by atoms with E-state index in [9.17, 15) is 13.2 Å². The number of nitrogens with one attached hydrogen (secondary N) is 2. The molecule has 3 aromatic carbocycles. The molecule has 0 aliphatic carbocycles. The van der Waals surface area contributed by atoms with E-state index in [4.69, 9.17) is 0 Å². The van der Waals surface area contributed by atoms with Gasteiger partial charge in [-0.3, -0.25) is 4.79 Å². The first-order chi connectivity index (χ1) is 14.8. The predicted molar refractivity (Wildman–Crippen MR) is 122 cm³/mol. The van der Waals surface area contributed by atoms with Gasteiger partial charge >= 0.3 is 0 Å². The summed E-state index contributed by atoms with van der Waals surface area (Å²) in [5.74, 6) is -0.539. The number of benzene rings is 3. The number of rotatable bonds is 8. The van der Waals surface area contributed by atoms with E-state index in [2.05, 4.69) is 15.2 Å². The zero-order valence-corrected chi connectivity index (χ0v) is 18.3. The van der Waals surface area contributed by atoms with Gasteiger partial charge in [0.25, 0.3) is 5.91 Å². The number of amides is 1. The Bertz CT molecular complexity index is 1140. The monoisotopic (exact) mass is 435 g/mol. The van der Waals surface area contributed by atoms with Crippen molar-refractivity contribution in [3.05, 3.63) is 101 Å². The number of hydrogen-bond donors (Lipinski definition) is 2. The SMILES string of the molecule is Cc1ccc(/C=N/NC(=O)[C@H](Cc2ccccc2)NS(=O)(=O)c2ccc(C)cc2)cc1. The van der Waals surface area contributed by atoms with Gasteiger partial charge in [-0.2, -0.15) is 9.82 Å². The fraction of sp³-hybridized carbons (Fsp3) is 0.167. The Hall–Kier alpha value is -3.29. The molecule has 1 amide bonds. The molecule has 31 heavy (non-hydrogen) atoms. The highest BCUT2D eigenvalue weighted by Gasteiger charge is 2.26. The van der Waals surface area contributed by atoms with Gasteiger partial charge in [0.2, 0.25) is 10.0 Å². The molecule has 0 bridgehead atoms. The van der Waals surface area contributed by atoms with Crippen molar-refractivity contribution in [2.75, 3.05) is 0 Å². The minimum absolute atomic E-state index is 0.104. The van der Waals surface area contributed by atoms with Crippen LogP contribution in [0.1, 0.15) is 22.3 Å². The number of aryl methyl sites for hydroxylation is 2. The lowest BCUT2D eigenvalue weighted by Gasteiger charge is -2.17. The second-order valence-corrected chi connectivity index (χ2v) is 9.04. The minimum Gasteiger partial charge on any atom is -0.271 e. The third-order valence-electron chi connectivity index (χ3n) is 4.69. The lowest BCUT2D eigenvalue weighted by molar-refractivity contribution is -0.122. The van der Waals surface area contributed by atoms with Gasteiger partial charge in [-0.05, 0) is 43.5 Å². The van der Waals surface area contributed by atoms with Gasteiger partial charge in [-0.15, -0.1) is 0 Å². The molecule has 2 N–H and O–H groups in total. The molecule has 0 unspecified atom stereocenters. The first kappa shape index (κ1) is 22.4. The highest BCUT2D eigenvalue weighted by Crippen LogP contribution is 2.12. The van der Waals surface area contributed by atoms with Gasteiger partial charge in [0.05, 0.1) is 11.1 Å². The van der Waals surface area contributed by atoms with E-state index in [0.29, 0.717) is 0 Å². The Labute approximate surface area is 183 Å². The van der Waals surface area contributed by atoms with Gasteiger partial charge in [-0.25, -0.2) is 13.8 Å². The predicted octanol–water partition coefficient (Wildman–Crippen LogP) is 3.34. The molecular formula is C24H25N3O3S. The van der Waals surface area contributed by atoms with E-state index >= 15 is 0 Å². The molecule has 7 heteroatoms. The van der Waals surface area contributed by atoms with Crippen LogP contribution in [0.5, 0.6) is 0 Å². The molecule has 6 nitrogen and oxygen atoms in total. The normalized spacial score (nSPS) is 12.6. The van der Waals surface area contributed by atoms with Crippen LogP contribution in [-0.4, -0.2) is 26.6 Å².